The van der Waals surface area contributed by atoms with Gasteiger partial charge < -0.3 is 14.9 Å². The molecular weight excluding hydrogens is 372 g/mol. The van der Waals surface area contributed by atoms with E-state index in [0.717, 1.165) is 37.4 Å². The first-order valence-electron chi connectivity index (χ1n) is 9.14. The number of tetrazole rings is 1. The molecule has 29 heavy (non-hydrogen) atoms. The standard InChI is InChI=1S/C19H20N6O.CH2O2/c1-23-10-12-24(13-11-23)19(26)16-7-5-6-15(14-16)18-20-21-22-25(18)17-8-3-2-4-9-17;2-1-3/h2-9,14H,10-13H2,1H3;1H,(H,2,3). The minimum atomic E-state index is -0.250. The molecule has 1 aliphatic rings. The van der Waals surface area contributed by atoms with Crippen molar-refractivity contribution in [3.8, 4) is 17.1 Å². The smallest absolute Gasteiger partial charge is 0.290 e. The fourth-order valence-electron chi connectivity index (χ4n) is 3.09. The van der Waals surface area contributed by atoms with Crippen molar-refractivity contribution in [3.05, 3.63) is 60.2 Å². The Morgan fingerprint density at radius 1 is 1.03 bits per heavy atom. The van der Waals surface area contributed by atoms with Gasteiger partial charge in [-0.25, -0.2) is 0 Å². The summed E-state index contributed by atoms with van der Waals surface area (Å²) < 4.78 is 1.68. The maximum absolute atomic E-state index is 12.8. The molecule has 3 aromatic rings. The van der Waals surface area contributed by atoms with Crippen LogP contribution in [0.2, 0.25) is 0 Å². The van der Waals surface area contributed by atoms with E-state index in [0.29, 0.717) is 11.4 Å². The molecule has 0 spiro atoms. The van der Waals surface area contributed by atoms with Crippen molar-refractivity contribution in [1.82, 2.24) is 30.0 Å². The molecule has 0 unspecified atom stereocenters. The fourth-order valence-corrected chi connectivity index (χ4v) is 3.09. The second kappa shape index (κ2) is 9.56. The van der Waals surface area contributed by atoms with Crippen LogP contribution in [0, 0.1) is 0 Å². The van der Waals surface area contributed by atoms with Crippen molar-refractivity contribution in [2.24, 2.45) is 0 Å². The monoisotopic (exact) mass is 394 g/mol. The van der Waals surface area contributed by atoms with E-state index < -0.39 is 0 Å². The van der Waals surface area contributed by atoms with Gasteiger partial charge in [0.1, 0.15) is 0 Å². The van der Waals surface area contributed by atoms with Gasteiger partial charge in [0.2, 0.25) is 0 Å². The summed E-state index contributed by atoms with van der Waals surface area (Å²) in [5.41, 5.74) is 2.36. The van der Waals surface area contributed by atoms with Crippen LogP contribution in [-0.2, 0) is 4.79 Å². The van der Waals surface area contributed by atoms with Crippen LogP contribution in [0.3, 0.4) is 0 Å². The van der Waals surface area contributed by atoms with E-state index in [1.165, 1.54) is 0 Å². The number of amides is 1. The van der Waals surface area contributed by atoms with Gasteiger partial charge in [-0.3, -0.25) is 9.59 Å². The van der Waals surface area contributed by atoms with E-state index in [1.54, 1.807) is 4.68 Å². The molecule has 1 aromatic heterocycles. The Labute approximate surface area is 168 Å². The van der Waals surface area contributed by atoms with Gasteiger partial charge in [0.15, 0.2) is 5.82 Å². The Bertz CT molecular complexity index is 952. The highest BCUT2D eigenvalue weighted by Gasteiger charge is 2.21. The molecule has 0 atom stereocenters. The van der Waals surface area contributed by atoms with E-state index in [-0.39, 0.29) is 12.4 Å². The minimum absolute atomic E-state index is 0.0543. The zero-order valence-corrected chi connectivity index (χ0v) is 16.0. The first-order chi connectivity index (χ1) is 14.1. The summed E-state index contributed by atoms with van der Waals surface area (Å²) in [7, 11) is 2.08. The lowest BCUT2D eigenvalue weighted by Gasteiger charge is -2.32. The lowest BCUT2D eigenvalue weighted by molar-refractivity contribution is -0.122. The van der Waals surface area contributed by atoms with E-state index in [9.17, 15) is 4.79 Å². The zero-order valence-electron chi connectivity index (χ0n) is 16.0. The lowest BCUT2D eigenvalue weighted by Crippen LogP contribution is -2.47. The number of carboxylic acid groups (broad SMARTS) is 1. The Morgan fingerprint density at radius 3 is 2.41 bits per heavy atom. The van der Waals surface area contributed by atoms with Crippen molar-refractivity contribution in [2.45, 2.75) is 0 Å². The van der Waals surface area contributed by atoms with Crippen LogP contribution in [0.1, 0.15) is 10.4 Å². The van der Waals surface area contributed by atoms with Gasteiger partial charge in [-0.1, -0.05) is 30.3 Å². The van der Waals surface area contributed by atoms with Gasteiger partial charge in [0, 0.05) is 37.3 Å². The maximum Gasteiger partial charge on any atom is 0.290 e. The molecule has 1 saturated heterocycles. The maximum atomic E-state index is 12.8. The summed E-state index contributed by atoms with van der Waals surface area (Å²) in [5.74, 6) is 0.669. The molecule has 1 N–H and O–H groups in total. The summed E-state index contributed by atoms with van der Waals surface area (Å²) in [6.07, 6.45) is 0. The van der Waals surface area contributed by atoms with Gasteiger partial charge in [0.05, 0.1) is 5.69 Å². The van der Waals surface area contributed by atoms with Crippen molar-refractivity contribution in [3.63, 3.8) is 0 Å². The molecular formula is C20H22N6O3. The number of carbonyl (C=O) groups is 2. The minimum Gasteiger partial charge on any atom is -0.483 e. The molecule has 4 rings (SSSR count). The molecule has 150 valence electrons. The average Bonchev–Trinajstić information content (AvgIpc) is 3.25. The molecule has 0 radical (unpaired) electrons. The first kappa shape index (κ1) is 20.2. The van der Waals surface area contributed by atoms with Gasteiger partial charge in [-0.05, 0) is 41.7 Å². The molecule has 2 aromatic carbocycles. The number of aromatic nitrogens is 4. The number of para-hydroxylation sites is 1. The third kappa shape index (κ3) is 4.82. The highest BCUT2D eigenvalue weighted by Crippen LogP contribution is 2.21. The Balaban J connectivity index is 0.000000755. The van der Waals surface area contributed by atoms with Crippen LogP contribution in [0.5, 0.6) is 0 Å². The molecule has 2 heterocycles. The lowest BCUT2D eigenvalue weighted by atomic mass is 10.1. The highest BCUT2D eigenvalue weighted by atomic mass is 16.3. The predicted octanol–water partition coefficient (Wildman–Crippen LogP) is 1.42. The largest absolute Gasteiger partial charge is 0.483 e. The topological polar surface area (TPSA) is 104 Å². The van der Waals surface area contributed by atoms with E-state index in [1.807, 2.05) is 59.5 Å². The predicted molar refractivity (Wildman–Crippen MR) is 107 cm³/mol. The van der Waals surface area contributed by atoms with Gasteiger partial charge >= 0.3 is 0 Å². The molecule has 1 aliphatic heterocycles. The number of hydrogen-bond donors (Lipinski definition) is 1. The van der Waals surface area contributed by atoms with Crippen LogP contribution in [0.15, 0.2) is 54.6 Å². The zero-order chi connectivity index (χ0) is 20.6. The molecule has 9 heteroatoms. The third-order valence-corrected chi connectivity index (χ3v) is 4.63. The normalized spacial score (nSPS) is 14.0. The van der Waals surface area contributed by atoms with Crippen molar-refractivity contribution in [2.75, 3.05) is 33.2 Å². The van der Waals surface area contributed by atoms with Gasteiger partial charge in [0.25, 0.3) is 12.4 Å². The molecule has 0 bridgehead atoms. The molecule has 9 nitrogen and oxygen atoms in total. The molecule has 1 fully saturated rings. The van der Waals surface area contributed by atoms with E-state index in [2.05, 4.69) is 27.5 Å². The van der Waals surface area contributed by atoms with Crippen LogP contribution >= 0.6 is 0 Å². The molecule has 1 amide bonds. The number of hydrogen-bond acceptors (Lipinski definition) is 6. The number of likely N-dealkylation sites (N-methyl/N-ethyl adjacent to an activating group) is 1. The van der Waals surface area contributed by atoms with E-state index in [4.69, 9.17) is 9.90 Å². The fraction of sp³-hybridized carbons (Fsp3) is 0.250. The summed E-state index contributed by atoms with van der Waals surface area (Å²) in [6.45, 7) is 3.05. The van der Waals surface area contributed by atoms with Crippen LogP contribution in [0.4, 0.5) is 0 Å². The Hall–Kier alpha value is -3.59. The summed E-state index contributed by atoms with van der Waals surface area (Å²) in [4.78, 5) is 25.3. The average molecular weight is 394 g/mol. The number of nitrogens with zero attached hydrogens (tertiary/aromatic N) is 6. The molecule has 0 aliphatic carbocycles. The van der Waals surface area contributed by atoms with E-state index >= 15 is 0 Å². The first-order valence-corrected chi connectivity index (χ1v) is 9.14. The number of piperazine rings is 1. The van der Waals surface area contributed by atoms with Gasteiger partial charge in [-0.15, -0.1) is 5.10 Å². The molecule has 0 saturated carbocycles. The van der Waals surface area contributed by atoms with Gasteiger partial charge in [-0.2, -0.15) is 4.68 Å². The second-order valence-electron chi connectivity index (χ2n) is 6.53. The number of carbonyl (C=O) groups excluding carboxylic acids is 1. The van der Waals surface area contributed by atoms with Crippen LogP contribution < -0.4 is 0 Å². The van der Waals surface area contributed by atoms with Crippen LogP contribution in [0.25, 0.3) is 17.1 Å². The second-order valence-corrected chi connectivity index (χ2v) is 6.53. The van der Waals surface area contributed by atoms with Crippen LogP contribution in [-0.4, -0.2) is 80.7 Å². The summed E-state index contributed by atoms with van der Waals surface area (Å²) in [6, 6.07) is 17.2. The number of benzene rings is 2. The Morgan fingerprint density at radius 2 is 1.72 bits per heavy atom. The summed E-state index contributed by atoms with van der Waals surface area (Å²) >= 11 is 0. The third-order valence-electron chi connectivity index (χ3n) is 4.63. The number of rotatable bonds is 3. The van der Waals surface area contributed by atoms with Crippen molar-refractivity contribution < 1.29 is 14.7 Å². The Kier molecular flexibility index (Phi) is 6.64. The quantitative estimate of drug-likeness (QED) is 0.670. The van der Waals surface area contributed by atoms with Crippen molar-refractivity contribution >= 4 is 12.4 Å². The summed E-state index contributed by atoms with van der Waals surface area (Å²) in [5, 5.41) is 18.9. The SMILES string of the molecule is CN1CCN(C(=O)c2cccc(-c3nnnn3-c3ccccc3)c2)CC1.O=CO. The highest BCUT2D eigenvalue weighted by molar-refractivity contribution is 5.95. The van der Waals surface area contributed by atoms with Crippen molar-refractivity contribution in [1.29, 1.82) is 0 Å².